The molecule has 132 valence electrons. The van der Waals surface area contributed by atoms with E-state index in [1.807, 2.05) is 0 Å². The Labute approximate surface area is 141 Å². The maximum atomic E-state index is 12.7. The van der Waals surface area contributed by atoms with Crippen molar-refractivity contribution in [1.82, 2.24) is 5.32 Å². The third-order valence-corrected chi connectivity index (χ3v) is 3.69. The number of rotatable bonds is 5. The average Bonchev–Trinajstić information content (AvgIpc) is 2.58. The molecule has 0 spiro atoms. The zero-order chi connectivity index (χ0) is 18.6. The molecule has 2 rings (SSSR count). The molecule has 0 bridgehead atoms. The minimum atomic E-state index is -4.51. The van der Waals surface area contributed by atoms with E-state index in [1.54, 1.807) is 19.1 Å². The second-order valence-corrected chi connectivity index (χ2v) is 5.54. The van der Waals surface area contributed by atoms with Gasteiger partial charge in [-0.15, -0.1) is 0 Å². The molecule has 2 aromatic rings. The van der Waals surface area contributed by atoms with Gasteiger partial charge in [0.2, 0.25) is 0 Å². The lowest BCUT2D eigenvalue weighted by Crippen LogP contribution is -2.27. The summed E-state index contributed by atoms with van der Waals surface area (Å²) < 4.78 is 38.0. The fraction of sp³-hybridized carbons (Fsp3) is 0.235. The number of hydrogen-bond donors (Lipinski definition) is 1. The zero-order valence-electron chi connectivity index (χ0n) is 13.2. The van der Waals surface area contributed by atoms with Gasteiger partial charge in [-0.2, -0.15) is 13.2 Å². The SMILES string of the molecule is CC(CNC(=O)c1cccc(C(F)(F)F)c1)c1ccc([N+](=O)[O-])cc1. The van der Waals surface area contributed by atoms with E-state index in [9.17, 15) is 28.1 Å². The minimum Gasteiger partial charge on any atom is -0.351 e. The highest BCUT2D eigenvalue weighted by atomic mass is 19.4. The van der Waals surface area contributed by atoms with Crippen LogP contribution >= 0.6 is 0 Å². The summed E-state index contributed by atoms with van der Waals surface area (Å²) in [5.41, 5.74) is -0.229. The second kappa shape index (κ2) is 7.33. The van der Waals surface area contributed by atoms with Crippen LogP contribution in [0.5, 0.6) is 0 Å². The molecule has 25 heavy (non-hydrogen) atoms. The smallest absolute Gasteiger partial charge is 0.351 e. The highest BCUT2D eigenvalue weighted by Gasteiger charge is 2.30. The van der Waals surface area contributed by atoms with Crippen LogP contribution in [0.1, 0.15) is 34.3 Å². The lowest BCUT2D eigenvalue weighted by molar-refractivity contribution is -0.384. The lowest BCUT2D eigenvalue weighted by Gasteiger charge is -2.14. The van der Waals surface area contributed by atoms with Gasteiger partial charge >= 0.3 is 6.18 Å². The van der Waals surface area contributed by atoms with Gasteiger partial charge in [0, 0.05) is 24.2 Å². The molecular formula is C17H15F3N2O3. The molecule has 0 saturated carbocycles. The number of carbonyl (C=O) groups is 1. The fourth-order valence-electron chi connectivity index (χ4n) is 2.23. The Bertz CT molecular complexity index is 773. The first-order valence-corrected chi connectivity index (χ1v) is 7.38. The highest BCUT2D eigenvalue weighted by molar-refractivity contribution is 5.94. The van der Waals surface area contributed by atoms with Crippen LogP contribution in [0.15, 0.2) is 48.5 Å². The third-order valence-electron chi connectivity index (χ3n) is 3.69. The Kier molecular flexibility index (Phi) is 5.41. The topological polar surface area (TPSA) is 72.2 Å². The van der Waals surface area contributed by atoms with Crippen molar-refractivity contribution in [3.63, 3.8) is 0 Å². The molecule has 1 atom stereocenters. The standard InChI is InChI=1S/C17H15F3N2O3/c1-11(12-5-7-15(8-6-12)22(24)25)10-21-16(23)13-3-2-4-14(9-13)17(18,19)20/h2-9,11H,10H2,1H3,(H,21,23). The van der Waals surface area contributed by atoms with Crippen LogP contribution in [-0.2, 0) is 6.18 Å². The number of alkyl halides is 3. The van der Waals surface area contributed by atoms with E-state index in [0.29, 0.717) is 0 Å². The van der Waals surface area contributed by atoms with Crippen molar-refractivity contribution in [2.45, 2.75) is 19.0 Å². The summed E-state index contributed by atoms with van der Waals surface area (Å²) in [4.78, 5) is 22.1. The van der Waals surface area contributed by atoms with Crippen molar-refractivity contribution in [2.75, 3.05) is 6.54 Å². The molecule has 0 radical (unpaired) electrons. The lowest BCUT2D eigenvalue weighted by atomic mass is 10.0. The predicted molar refractivity (Wildman–Crippen MR) is 85.3 cm³/mol. The van der Waals surface area contributed by atoms with Gasteiger partial charge in [-0.3, -0.25) is 14.9 Å². The van der Waals surface area contributed by atoms with Crippen LogP contribution in [-0.4, -0.2) is 17.4 Å². The van der Waals surface area contributed by atoms with Gasteiger partial charge in [0.1, 0.15) is 0 Å². The van der Waals surface area contributed by atoms with E-state index in [2.05, 4.69) is 5.32 Å². The number of nitrogens with zero attached hydrogens (tertiary/aromatic N) is 1. The Balaban J connectivity index is 2.00. The van der Waals surface area contributed by atoms with Crippen molar-refractivity contribution in [3.05, 3.63) is 75.3 Å². The minimum absolute atomic E-state index is 0.0380. The van der Waals surface area contributed by atoms with Crippen molar-refractivity contribution >= 4 is 11.6 Å². The van der Waals surface area contributed by atoms with Gasteiger partial charge in [-0.25, -0.2) is 0 Å². The Morgan fingerprint density at radius 3 is 2.40 bits per heavy atom. The number of benzene rings is 2. The molecule has 0 aliphatic rings. The molecule has 0 saturated heterocycles. The van der Waals surface area contributed by atoms with Gasteiger partial charge in [0.25, 0.3) is 11.6 Å². The molecule has 1 amide bonds. The number of nitro groups is 1. The first-order valence-electron chi connectivity index (χ1n) is 7.38. The molecule has 8 heteroatoms. The van der Waals surface area contributed by atoms with Gasteiger partial charge in [-0.1, -0.05) is 25.1 Å². The van der Waals surface area contributed by atoms with Crippen molar-refractivity contribution in [2.24, 2.45) is 0 Å². The summed E-state index contributed by atoms with van der Waals surface area (Å²) >= 11 is 0. The van der Waals surface area contributed by atoms with Crippen LogP contribution in [0, 0.1) is 10.1 Å². The molecule has 0 fully saturated rings. The van der Waals surface area contributed by atoms with Crippen LogP contribution in [0.2, 0.25) is 0 Å². The van der Waals surface area contributed by atoms with Crippen molar-refractivity contribution < 1.29 is 22.9 Å². The highest BCUT2D eigenvalue weighted by Crippen LogP contribution is 2.29. The summed E-state index contributed by atoms with van der Waals surface area (Å²) in [6, 6.07) is 10.1. The van der Waals surface area contributed by atoms with Crippen molar-refractivity contribution in [3.8, 4) is 0 Å². The quantitative estimate of drug-likeness (QED) is 0.649. The summed E-state index contributed by atoms with van der Waals surface area (Å²) in [7, 11) is 0. The van der Waals surface area contributed by atoms with Crippen LogP contribution in [0.25, 0.3) is 0 Å². The van der Waals surface area contributed by atoms with E-state index in [0.717, 1.165) is 17.7 Å². The summed E-state index contributed by atoms with van der Waals surface area (Å²) in [6.07, 6.45) is -4.51. The molecule has 0 aliphatic carbocycles. The fourth-order valence-corrected chi connectivity index (χ4v) is 2.23. The summed E-state index contributed by atoms with van der Waals surface area (Å²) in [5.74, 6) is -0.768. The van der Waals surface area contributed by atoms with Crippen LogP contribution in [0.4, 0.5) is 18.9 Å². The second-order valence-electron chi connectivity index (χ2n) is 5.54. The molecule has 1 N–H and O–H groups in total. The largest absolute Gasteiger partial charge is 0.416 e. The molecular weight excluding hydrogens is 337 g/mol. The Morgan fingerprint density at radius 2 is 1.84 bits per heavy atom. The molecule has 0 aliphatic heterocycles. The maximum Gasteiger partial charge on any atom is 0.416 e. The number of nitro benzene ring substituents is 1. The van der Waals surface area contributed by atoms with Gasteiger partial charge in [0.05, 0.1) is 10.5 Å². The van der Waals surface area contributed by atoms with Gasteiger partial charge in [-0.05, 0) is 29.7 Å². The first kappa shape index (κ1) is 18.4. The van der Waals surface area contributed by atoms with Gasteiger partial charge < -0.3 is 5.32 Å². The van der Waals surface area contributed by atoms with Crippen LogP contribution in [0.3, 0.4) is 0 Å². The van der Waals surface area contributed by atoms with Gasteiger partial charge in [0.15, 0.2) is 0 Å². The Morgan fingerprint density at radius 1 is 1.20 bits per heavy atom. The van der Waals surface area contributed by atoms with Crippen LogP contribution < -0.4 is 5.32 Å². The first-order chi connectivity index (χ1) is 11.7. The van der Waals surface area contributed by atoms with E-state index >= 15 is 0 Å². The molecule has 1 unspecified atom stereocenters. The number of nitrogens with one attached hydrogen (secondary N) is 1. The van der Waals surface area contributed by atoms with E-state index < -0.39 is 22.6 Å². The van der Waals surface area contributed by atoms with E-state index in [-0.39, 0.29) is 23.7 Å². The number of hydrogen-bond acceptors (Lipinski definition) is 3. The Hall–Kier alpha value is -2.90. The number of carbonyl (C=O) groups excluding carboxylic acids is 1. The zero-order valence-corrected chi connectivity index (χ0v) is 13.2. The summed E-state index contributed by atoms with van der Waals surface area (Å²) in [6.45, 7) is 1.99. The number of non-ortho nitro benzene ring substituents is 1. The normalized spacial score (nSPS) is 12.5. The predicted octanol–water partition coefficient (Wildman–Crippen LogP) is 4.15. The molecule has 2 aromatic carbocycles. The third kappa shape index (κ3) is 4.79. The summed E-state index contributed by atoms with van der Waals surface area (Å²) in [5, 5.41) is 13.2. The number of halogens is 3. The van der Waals surface area contributed by atoms with E-state index in [1.165, 1.54) is 24.3 Å². The number of amides is 1. The van der Waals surface area contributed by atoms with Crippen molar-refractivity contribution in [1.29, 1.82) is 0 Å². The molecule has 0 aromatic heterocycles. The van der Waals surface area contributed by atoms with E-state index in [4.69, 9.17) is 0 Å². The maximum absolute atomic E-state index is 12.7. The molecule has 0 heterocycles. The molecule has 5 nitrogen and oxygen atoms in total. The monoisotopic (exact) mass is 352 g/mol. The average molecular weight is 352 g/mol.